The van der Waals surface area contributed by atoms with E-state index in [0.717, 1.165) is 48.5 Å². The monoisotopic (exact) mass is 379 g/mol. The van der Waals surface area contributed by atoms with Crippen LogP contribution in [0.1, 0.15) is 11.8 Å². The number of ether oxygens (including phenoxy) is 1. The van der Waals surface area contributed by atoms with E-state index in [-0.39, 0.29) is 6.03 Å². The Morgan fingerprint density at radius 3 is 2.48 bits per heavy atom. The molecule has 0 spiro atoms. The molecule has 0 saturated carbocycles. The predicted molar refractivity (Wildman–Crippen MR) is 103 cm³/mol. The van der Waals surface area contributed by atoms with Gasteiger partial charge >= 0.3 is 6.03 Å². The Balaban J connectivity index is 1.46. The quantitative estimate of drug-likeness (QED) is 0.848. The molecule has 3 rings (SSSR count). The number of halogens is 1. The van der Waals surface area contributed by atoms with E-state index in [2.05, 4.69) is 16.3 Å². The summed E-state index contributed by atoms with van der Waals surface area (Å²) in [5.41, 5.74) is 0.782. The minimum Gasteiger partial charge on any atom is -0.494 e. The summed E-state index contributed by atoms with van der Waals surface area (Å²) in [6, 6.07) is 11.4. The molecule has 0 atom stereocenters. The molecule has 5 nitrogen and oxygen atoms in total. The number of nitrogens with zero attached hydrogens (tertiary/aromatic N) is 2. The molecule has 1 aromatic carbocycles. The maximum atomic E-state index is 12.4. The van der Waals surface area contributed by atoms with Gasteiger partial charge < -0.3 is 15.0 Å². The lowest BCUT2D eigenvalue weighted by Gasteiger charge is -2.34. The van der Waals surface area contributed by atoms with Gasteiger partial charge in [0.2, 0.25) is 0 Å². The average molecular weight is 380 g/mol. The van der Waals surface area contributed by atoms with Crippen molar-refractivity contribution in [3.8, 4) is 5.75 Å². The number of carbonyl (C=O) groups is 1. The van der Waals surface area contributed by atoms with Gasteiger partial charge in [-0.15, -0.1) is 11.3 Å². The topological polar surface area (TPSA) is 44.8 Å². The fraction of sp³-hybridized carbons (Fsp3) is 0.389. The molecule has 0 radical (unpaired) electrons. The third kappa shape index (κ3) is 5.11. The molecule has 0 bridgehead atoms. The van der Waals surface area contributed by atoms with E-state index in [1.165, 1.54) is 4.88 Å². The predicted octanol–water partition coefficient (Wildman–Crippen LogP) is 4.15. The van der Waals surface area contributed by atoms with E-state index in [1.807, 2.05) is 42.2 Å². The van der Waals surface area contributed by atoms with Crippen LogP contribution >= 0.6 is 22.9 Å². The summed E-state index contributed by atoms with van der Waals surface area (Å²) in [4.78, 5) is 17.9. The van der Waals surface area contributed by atoms with Crippen LogP contribution in [0.2, 0.25) is 4.34 Å². The molecule has 7 heteroatoms. The maximum Gasteiger partial charge on any atom is 0.321 e. The lowest BCUT2D eigenvalue weighted by molar-refractivity contribution is 0.143. The lowest BCUT2D eigenvalue weighted by atomic mass is 10.3. The standard InChI is InChI=1S/C18H22ClN3O2S/c1-2-24-15-5-3-14(4-6-15)20-18(23)22-11-9-21(10-12-22)13-16-7-8-17(19)25-16/h3-8H,2,9-13H2,1H3,(H,20,23). The van der Waals surface area contributed by atoms with E-state index in [0.29, 0.717) is 6.61 Å². The number of amides is 2. The highest BCUT2D eigenvalue weighted by Crippen LogP contribution is 2.23. The minimum atomic E-state index is -0.0528. The second-order valence-electron chi connectivity index (χ2n) is 5.86. The van der Waals surface area contributed by atoms with Gasteiger partial charge in [0, 0.05) is 43.3 Å². The van der Waals surface area contributed by atoms with Crippen LogP contribution in [0.25, 0.3) is 0 Å². The molecule has 1 fully saturated rings. The molecule has 1 aromatic heterocycles. The van der Waals surface area contributed by atoms with Gasteiger partial charge in [0.15, 0.2) is 0 Å². The van der Waals surface area contributed by atoms with Crippen molar-refractivity contribution in [2.45, 2.75) is 13.5 Å². The van der Waals surface area contributed by atoms with Crippen molar-refractivity contribution >= 4 is 34.7 Å². The number of thiophene rings is 1. The van der Waals surface area contributed by atoms with Crippen molar-refractivity contribution in [3.05, 3.63) is 45.6 Å². The Morgan fingerprint density at radius 2 is 1.88 bits per heavy atom. The molecular formula is C18H22ClN3O2S. The molecule has 0 unspecified atom stereocenters. The van der Waals surface area contributed by atoms with Crippen LogP contribution in [-0.4, -0.2) is 48.6 Å². The van der Waals surface area contributed by atoms with E-state index in [4.69, 9.17) is 16.3 Å². The van der Waals surface area contributed by atoms with E-state index < -0.39 is 0 Å². The number of urea groups is 1. The second-order valence-corrected chi connectivity index (χ2v) is 7.66. The first-order chi connectivity index (χ1) is 12.1. The number of benzene rings is 1. The largest absolute Gasteiger partial charge is 0.494 e. The van der Waals surface area contributed by atoms with Gasteiger partial charge in [-0.1, -0.05) is 11.6 Å². The Labute approximate surface area is 157 Å². The summed E-state index contributed by atoms with van der Waals surface area (Å²) < 4.78 is 6.23. The molecular weight excluding hydrogens is 358 g/mol. The Morgan fingerprint density at radius 1 is 1.16 bits per heavy atom. The van der Waals surface area contributed by atoms with Gasteiger partial charge in [0.1, 0.15) is 5.75 Å². The van der Waals surface area contributed by atoms with Crippen LogP contribution < -0.4 is 10.1 Å². The molecule has 1 saturated heterocycles. The number of carbonyl (C=O) groups excluding carboxylic acids is 1. The van der Waals surface area contributed by atoms with Crippen LogP contribution in [0.4, 0.5) is 10.5 Å². The van der Waals surface area contributed by atoms with Crippen molar-refractivity contribution in [1.29, 1.82) is 0 Å². The number of nitrogens with one attached hydrogen (secondary N) is 1. The molecule has 25 heavy (non-hydrogen) atoms. The number of hydrogen-bond donors (Lipinski definition) is 1. The summed E-state index contributed by atoms with van der Waals surface area (Å²) in [5.74, 6) is 0.808. The summed E-state index contributed by atoms with van der Waals surface area (Å²) in [6.07, 6.45) is 0. The minimum absolute atomic E-state index is 0.0528. The molecule has 134 valence electrons. The highest BCUT2D eigenvalue weighted by molar-refractivity contribution is 7.16. The van der Waals surface area contributed by atoms with Gasteiger partial charge in [-0.05, 0) is 43.3 Å². The first-order valence-electron chi connectivity index (χ1n) is 8.39. The Kier molecular flexibility index (Phi) is 6.18. The van der Waals surface area contributed by atoms with Crippen LogP contribution in [0.3, 0.4) is 0 Å². The summed E-state index contributed by atoms with van der Waals surface area (Å²) in [5, 5.41) is 2.95. The van der Waals surface area contributed by atoms with Crippen molar-refractivity contribution in [2.75, 3.05) is 38.1 Å². The molecule has 0 aliphatic carbocycles. The molecule has 2 heterocycles. The van der Waals surface area contributed by atoms with Crippen LogP contribution in [0.15, 0.2) is 36.4 Å². The smallest absolute Gasteiger partial charge is 0.321 e. The zero-order valence-electron chi connectivity index (χ0n) is 14.2. The van der Waals surface area contributed by atoms with Crippen molar-refractivity contribution in [1.82, 2.24) is 9.80 Å². The fourth-order valence-corrected chi connectivity index (χ4v) is 3.90. The second kappa shape index (κ2) is 8.56. The molecule has 1 aliphatic heterocycles. The molecule has 1 N–H and O–H groups in total. The summed E-state index contributed by atoms with van der Waals surface area (Å²) in [7, 11) is 0. The van der Waals surface area contributed by atoms with Crippen molar-refractivity contribution < 1.29 is 9.53 Å². The van der Waals surface area contributed by atoms with Crippen LogP contribution in [0, 0.1) is 0 Å². The molecule has 1 aliphatic rings. The number of anilines is 1. The normalized spacial score (nSPS) is 15.2. The maximum absolute atomic E-state index is 12.4. The zero-order chi connectivity index (χ0) is 17.6. The number of hydrogen-bond acceptors (Lipinski definition) is 4. The Bertz CT molecular complexity index is 697. The van der Waals surface area contributed by atoms with Gasteiger partial charge in [0.05, 0.1) is 10.9 Å². The van der Waals surface area contributed by atoms with Gasteiger partial charge in [0.25, 0.3) is 0 Å². The summed E-state index contributed by atoms with van der Waals surface area (Å²) >= 11 is 7.59. The first-order valence-corrected chi connectivity index (χ1v) is 9.59. The third-order valence-corrected chi connectivity index (χ3v) is 5.30. The third-order valence-electron chi connectivity index (χ3n) is 4.08. The first kappa shape index (κ1) is 18.0. The van der Waals surface area contributed by atoms with Crippen LogP contribution in [0.5, 0.6) is 5.75 Å². The summed E-state index contributed by atoms with van der Waals surface area (Å²) in [6.45, 7) is 6.66. The van der Waals surface area contributed by atoms with E-state index in [1.54, 1.807) is 11.3 Å². The fourth-order valence-electron chi connectivity index (χ4n) is 2.77. The van der Waals surface area contributed by atoms with Crippen LogP contribution in [-0.2, 0) is 6.54 Å². The number of rotatable bonds is 5. The van der Waals surface area contributed by atoms with Crippen molar-refractivity contribution in [3.63, 3.8) is 0 Å². The van der Waals surface area contributed by atoms with Gasteiger partial charge in [-0.2, -0.15) is 0 Å². The number of piperazine rings is 1. The van der Waals surface area contributed by atoms with Gasteiger partial charge in [-0.3, -0.25) is 4.90 Å². The highest BCUT2D eigenvalue weighted by Gasteiger charge is 2.21. The zero-order valence-corrected chi connectivity index (χ0v) is 15.8. The molecule has 2 amide bonds. The highest BCUT2D eigenvalue weighted by atomic mass is 35.5. The average Bonchev–Trinajstić information content (AvgIpc) is 3.02. The van der Waals surface area contributed by atoms with E-state index >= 15 is 0 Å². The van der Waals surface area contributed by atoms with E-state index in [9.17, 15) is 4.79 Å². The van der Waals surface area contributed by atoms with Gasteiger partial charge in [-0.25, -0.2) is 4.79 Å². The van der Waals surface area contributed by atoms with Crippen molar-refractivity contribution in [2.24, 2.45) is 0 Å². The Hall–Kier alpha value is -1.76. The molecule has 2 aromatic rings. The lowest BCUT2D eigenvalue weighted by Crippen LogP contribution is -2.49. The SMILES string of the molecule is CCOc1ccc(NC(=O)N2CCN(Cc3ccc(Cl)s3)CC2)cc1.